The van der Waals surface area contributed by atoms with E-state index in [-0.39, 0.29) is 15.5 Å². The Labute approximate surface area is 150 Å². The van der Waals surface area contributed by atoms with Crippen molar-refractivity contribution in [2.45, 2.75) is 6.92 Å². The van der Waals surface area contributed by atoms with E-state index in [0.717, 1.165) is 5.56 Å². The highest BCUT2D eigenvalue weighted by Crippen LogP contribution is 2.39. The topological polar surface area (TPSA) is 62.3 Å². The van der Waals surface area contributed by atoms with E-state index in [1.165, 1.54) is 23.5 Å². The molecule has 1 aromatic heterocycles. The van der Waals surface area contributed by atoms with Crippen molar-refractivity contribution in [3.8, 4) is 6.07 Å². The predicted molar refractivity (Wildman–Crippen MR) is 99.6 cm³/mol. The monoisotopic (exact) mass is 364 g/mol. The highest BCUT2D eigenvalue weighted by Gasteiger charge is 2.30. The number of aryl methyl sites for hydroxylation is 1. The molecular weight excluding hydrogens is 352 g/mol. The Morgan fingerprint density at radius 3 is 2.28 bits per heavy atom. The summed E-state index contributed by atoms with van der Waals surface area (Å²) in [5.41, 5.74) is 2.28. The van der Waals surface area contributed by atoms with Gasteiger partial charge in [-0.05, 0) is 47.0 Å². The van der Waals surface area contributed by atoms with Crippen LogP contribution in [0.2, 0.25) is 0 Å². The third kappa shape index (κ3) is 3.06. The van der Waals surface area contributed by atoms with Crippen molar-refractivity contribution in [3.05, 3.63) is 92.6 Å². The maximum atomic E-state index is 13.1. The van der Waals surface area contributed by atoms with Crippen LogP contribution in [0.5, 0.6) is 0 Å². The van der Waals surface area contributed by atoms with Crippen LogP contribution in [0.15, 0.2) is 64.5 Å². The molecule has 0 unspecified atom stereocenters. The molecule has 0 radical (unpaired) electrons. The Bertz CT molecular complexity index is 1090. The summed E-state index contributed by atoms with van der Waals surface area (Å²) in [6.45, 7) is 9.09. The van der Waals surface area contributed by atoms with E-state index < -0.39 is 9.84 Å². The number of nitriles is 1. The van der Waals surface area contributed by atoms with Crippen LogP contribution in [0.25, 0.3) is 14.7 Å². The molecule has 1 aliphatic rings. The van der Waals surface area contributed by atoms with E-state index in [1.54, 1.807) is 29.0 Å². The molecule has 0 atom stereocenters. The van der Waals surface area contributed by atoms with Gasteiger partial charge in [-0.25, -0.2) is 18.5 Å². The fraction of sp³-hybridized carbons (Fsp3) is 0.0526. The minimum absolute atomic E-state index is 0.0996. The molecule has 4 nitrogen and oxygen atoms in total. The first-order chi connectivity index (χ1) is 12.0. The number of sulfone groups is 1. The van der Waals surface area contributed by atoms with Crippen molar-refractivity contribution in [3.63, 3.8) is 0 Å². The van der Waals surface area contributed by atoms with Crippen LogP contribution in [0, 0.1) is 24.8 Å². The number of hydrogen-bond acceptors (Lipinski definition) is 4. The zero-order valence-corrected chi connectivity index (χ0v) is 14.9. The molecule has 6 heteroatoms. The molecule has 1 aromatic carbocycles. The fourth-order valence-corrected chi connectivity index (χ4v) is 4.90. The molecular formula is C19H12N2O2S2. The van der Waals surface area contributed by atoms with Gasteiger partial charge < -0.3 is 0 Å². The first-order valence-electron chi connectivity index (χ1n) is 7.27. The Morgan fingerprint density at radius 1 is 1.12 bits per heavy atom. The second kappa shape index (κ2) is 6.52. The minimum Gasteiger partial charge on any atom is -0.226 e. The normalized spacial score (nSPS) is 17.7. The van der Waals surface area contributed by atoms with Gasteiger partial charge in [0.1, 0.15) is 0 Å². The van der Waals surface area contributed by atoms with E-state index in [9.17, 15) is 13.7 Å². The molecule has 0 amide bonds. The Kier molecular flexibility index (Phi) is 4.41. The summed E-state index contributed by atoms with van der Waals surface area (Å²) in [6.07, 6.45) is 2.82. The van der Waals surface area contributed by atoms with Gasteiger partial charge in [-0.1, -0.05) is 29.8 Å². The average Bonchev–Trinajstić information content (AvgIpc) is 3.12. The van der Waals surface area contributed by atoms with Crippen molar-refractivity contribution in [2.75, 3.05) is 0 Å². The van der Waals surface area contributed by atoms with Gasteiger partial charge in [-0.2, -0.15) is 11.3 Å². The first-order valence-corrected chi connectivity index (χ1v) is 9.70. The molecule has 122 valence electrons. The summed E-state index contributed by atoms with van der Waals surface area (Å²) >= 11 is 1.39. The van der Waals surface area contributed by atoms with Gasteiger partial charge in [0.05, 0.1) is 22.5 Å². The summed E-state index contributed by atoms with van der Waals surface area (Å²) < 4.78 is 26.3. The van der Waals surface area contributed by atoms with Gasteiger partial charge in [-0.15, -0.1) is 0 Å². The number of thiophene rings is 1. The lowest BCUT2D eigenvalue weighted by Crippen LogP contribution is -2.10. The van der Waals surface area contributed by atoms with Crippen molar-refractivity contribution in [1.29, 1.82) is 5.26 Å². The van der Waals surface area contributed by atoms with Gasteiger partial charge in [0.15, 0.2) is 0 Å². The van der Waals surface area contributed by atoms with E-state index in [1.807, 2.05) is 25.1 Å². The van der Waals surface area contributed by atoms with Gasteiger partial charge >= 0.3 is 0 Å². The third-order valence-electron chi connectivity index (χ3n) is 3.79. The summed E-state index contributed by atoms with van der Waals surface area (Å²) in [6, 6.07) is 10.7. The van der Waals surface area contributed by atoms with Crippen LogP contribution in [0.3, 0.4) is 0 Å². The molecule has 0 spiro atoms. The van der Waals surface area contributed by atoms with Crippen LogP contribution in [0.1, 0.15) is 16.7 Å². The molecule has 2 heterocycles. The zero-order chi connectivity index (χ0) is 18.0. The highest BCUT2D eigenvalue weighted by molar-refractivity contribution is 8.09. The number of hydrogen-bond donors (Lipinski definition) is 0. The Hall–Kier alpha value is -2.93. The van der Waals surface area contributed by atoms with Gasteiger partial charge in [0.2, 0.25) is 9.84 Å². The molecule has 0 saturated heterocycles. The smallest absolute Gasteiger partial charge is 0.226 e. The maximum Gasteiger partial charge on any atom is 0.269 e. The number of nitrogens with zero attached hydrogens (tertiary/aromatic N) is 2. The lowest BCUT2D eigenvalue weighted by atomic mass is 10.1. The fourth-order valence-electron chi connectivity index (χ4n) is 2.49. The third-order valence-corrected chi connectivity index (χ3v) is 6.33. The Balaban J connectivity index is 2.31. The predicted octanol–water partition coefficient (Wildman–Crippen LogP) is 4.56. The van der Waals surface area contributed by atoms with E-state index in [2.05, 4.69) is 4.85 Å². The van der Waals surface area contributed by atoms with Gasteiger partial charge in [0.25, 0.3) is 5.70 Å². The standard InChI is InChI=1S/C19H12N2O2S2/c1-13-3-5-14(6-4-13)18-9-16(17(11-20)21-2)10-19(25(18,22)23)15-7-8-24-12-15/h3-10,12H,1H3. The second-order valence-electron chi connectivity index (χ2n) is 5.43. The molecule has 0 aliphatic carbocycles. The molecule has 25 heavy (non-hydrogen) atoms. The van der Waals surface area contributed by atoms with Crippen LogP contribution in [-0.4, -0.2) is 8.42 Å². The summed E-state index contributed by atoms with van der Waals surface area (Å²) in [4.78, 5) is 3.43. The lowest BCUT2D eigenvalue weighted by Gasteiger charge is -2.18. The summed E-state index contributed by atoms with van der Waals surface area (Å²) in [5.74, 6) is 0. The van der Waals surface area contributed by atoms with E-state index in [0.29, 0.717) is 16.7 Å². The maximum absolute atomic E-state index is 13.1. The molecule has 0 fully saturated rings. The number of benzene rings is 1. The van der Waals surface area contributed by atoms with E-state index >= 15 is 0 Å². The first kappa shape index (κ1) is 16.9. The van der Waals surface area contributed by atoms with Gasteiger partial charge in [0, 0.05) is 5.56 Å². The van der Waals surface area contributed by atoms with Crippen LogP contribution < -0.4 is 0 Å². The van der Waals surface area contributed by atoms with Crippen LogP contribution >= 0.6 is 11.3 Å². The van der Waals surface area contributed by atoms with Crippen LogP contribution in [0.4, 0.5) is 0 Å². The van der Waals surface area contributed by atoms with Crippen molar-refractivity contribution in [2.24, 2.45) is 0 Å². The summed E-state index contributed by atoms with van der Waals surface area (Å²) in [5, 5.41) is 12.7. The number of rotatable bonds is 2. The molecule has 0 N–H and O–H groups in total. The molecule has 1 aliphatic heterocycles. The SMILES string of the molecule is [C-]#[N+]C(C#N)=C1C=C(c2ccc(C)cc2)S(=O)(=O)C(c2ccsc2)=C1. The highest BCUT2D eigenvalue weighted by atomic mass is 32.2. The van der Waals surface area contributed by atoms with Gasteiger partial charge in [-0.3, -0.25) is 0 Å². The molecule has 0 saturated carbocycles. The largest absolute Gasteiger partial charge is 0.269 e. The summed E-state index contributed by atoms with van der Waals surface area (Å²) in [7, 11) is -3.75. The minimum atomic E-state index is -3.75. The van der Waals surface area contributed by atoms with E-state index in [4.69, 9.17) is 6.57 Å². The van der Waals surface area contributed by atoms with Crippen molar-refractivity contribution in [1.82, 2.24) is 0 Å². The molecule has 3 rings (SSSR count). The van der Waals surface area contributed by atoms with Crippen LogP contribution in [-0.2, 0) is 9.84 Å². The second-order valence-corrected chi connectivity index (χ2v) is 8.09. The zero-order valence-electron chi connectivity index (χ0n) is 13.2. The van der Waals surface area contributed by atoms with Crippen molar-refractivity contribution >= 4 is 31.0 Å². The number of allylic oxidation sites excluding steroid dienone is 4. The molecule has 2 aromatic rings. The molecule has 0 bridgehead atoms. The quantitative estimate of drug-likeness (QED) is 0.579. The lowest BCUT2D eigenvalue weighted by molar-refractivity contribution is 0.614. The Morgan fingerprint density at radius 2 is 1.76 bits per heavy atom. The van der Waals surface area contributed by atoms with Crippen molar-refractivity contribution < 1.29 is 8.42 Å². The average molecular weight is 364 g/mol.